The zero-order valence-electron chi connectivity index (χ0n) is 17.1. The molecule has 2 fully saturated rings. The van der Waals surface area contributed by atoms with Gasteiger partial charge in [-0.1, -0.05) is 11.6 Å². The van der Waals surface area contributed by atoms with Crippen LogP contribution < -0.4 is 10.2 Å². The van der Waals surface area contributed by atoms with Crippen LogP contribution in [-0.4, -0.2) is 70.2 Å². The Hall–Kier alpha value is -2.43. The maximum absolute atomic E-state index is 12.9. The number of aliphatic hydroxyl groups excluding tert-OH is 1. The summed E-state index contributed by atoms with van der Waals surface area (Å²) in [5, 5.41) is 14.4. The van der Waals surface area contributed by atoms with Crippen molar-refractivity contribution in [2.75, 3.05) is 31.1 Å². The van der Waals surface area contributed by atoms with Gasteiger partial charge in [0.15, 0.2) is 0 Å². The molecule has 172 valence electrons. The monoisotopic (exact) mass is 469 g/mol. The van der Waals surface area contributed by atoms with Crippen LogP contribution in [0, 0.1) is 0 Å². The number of rotatable bonds is 4. The number of hydrogen-bond acceptors (Lipinski definition) is 6. The van der Waals surface area contributed by atoms with Gasteiger partial charge in [0.2, 0.25) is 5.95 Å². The molecule has 0 aliphatic carbocycles. The number of aromatic nitrogens is 2. The molecule has 1 amide bonds. The SMILES string of the molecule is O=C(c1ccc(Cl)cc1)N1CCC(NC2CN(c3nccc(C(F)(F)F)n3)C[C@H]2O)CC1. The maximum atomic E-state index is 12.9. The predicted octanol–water partition coefficient (Wildman–Crippen LogP) is 2.59. The molecule has 2 aliphatic heterocycles. The lowest BCUT2D eigenvalue weighted by Crippen LogP contribution is -2.50. The summed E-state index contributed by atoms with van der Waals surface area (Å²) in [5.74, 6) is -0.0968. The summed E-state index contributed by atoms with van der Waals surface area (Å²) in [6, 6.07) is 7.37. The smallest absolute Gasteiger partial charge is 0.390 e. The Kier molecular flexibility index (Phi) is 6.55. The summed E-state index contributed by atoms with van der Waals surface area (Å²) < 4.78 is 38.8. The highest BCUT2D eigenvalue weighted by molar-refractivity contribution is 6.30. The molecule has 2 N–H and O–H groups in total. The lowest BCUT2D eigenvalue weighted by atomic mass is 10.0. The highest BCUT2D eigenvalue weighted by Crippen LogP contribution is 2.29. The molecule has 2 aliphatic rings. The van der Waals surface area contributed by atoms with Crippen LogP contribution in [0.5, 0.6) is 0 Å². The van der Waals surface area contributed by atoms with Gasteiger partial charge >= 0.3 is 6.18 Å². The van der Waals surface area contributed by atoms with E-state index in [0.717, 1.165) is 12.3 Å². The van der Waals surface area contributed by atoms with Crippen LogP contribution in [-0.2, 0) is 6.18 Å². The molecule has 0 spiro atoms. The van der Waals surface area contributed by atoms with E-state index in [2.05, 4.69) is 15.3 Å². The molecule has 4 rings (SSSR count). The lowest BCUT2D eigenvalue weighted by molar-refractivity contribution is -0.141. The van der Waals surface area contributed by atoms with Crippen LogP contribution >= 0.6 is 11.6 Å². The first-order valence-corrected chi connectivity index (χ1v) is 10.7. The zero-order chi connectivity index (χ0) is 22.9. The number of hydrogen-bond donors (Lipinski definition) is 2. The summed E-state index contributed by atoms with van der Waals surface area (Å²) in [4.78, 5) is 23.5. The second kappa shape index (κ2) is 9.21. The standard InChI is InChI=1S/C21H23ClF3N5O2/c22-14-3-1-13(2-4-14)19(32)29-9-6-15(7-10-29)27-16-11-30(12-17(16)31)20-26-8-5-18(28-20)21(23,24)25/h1-5,8,15-17,27,31H,6-7,9-12H2/t16?,17-/m1/s1. The molecule has 11 heteroatoms. The number of amides is 1. The van der Waals surface area contributed by atoms with E-state index in [1.807, 2.05) is 0 Å². The summed E-state index contributed by atoms with van der Waals surface area (Å²) in [6.45, 7) is 1.59. The van der Waals surface area contributed by atoms with Crippen molar-refractivity contribution in [3.8, 4) is 0 Å². The summed E-state index contributed by atoms with van der Waals surface area (Å²) in [6.07, 6.45) is -2.82. The van der Waals surface area contributed by atoms with Crippen molar-refractivity contribution in [2.24, 2.45) is 0 Å². The molecule has 1 aromatic carbocycles. The van der Waals surface area contributed by atoms with Crippen LogP contribution in [0.3, 0.4) is 0 Å². The number of carbonyl (C=O) groups excluding carboxylic acids is 1. The maximum Gasteiger partial charge on any atom is 0.433 e. The normalized spacial score (nSPS) is 22.4. The Morgan fingerprint density at radius 3 is 2.47 bits per heavy atom. The van der Waals surface area contributed by atoms with E-state index in [0.29, 0.717) is 43.1 Å². The fourth-order valence-corrected chi connectivity index (χ4v) is 4.23. The number of anilines is 1. The molecule has 3 heterocycles. The number of halogens is 4. The van der Waals surface area contributed by atoms with Crippen LogP contribution in [0.15, 0.2) is 36.5 Å². The van der Waals surface area contributed by atoms with E-state index >= 15 is 0 Å². The quantitative estimate of drug-likeness (QED) is 0.716. The largest absolute Gasteiger partial charge is 0.433 e. The van der Waals surface area contributed by atoms with Crippen molar-refractivity contribution < 1.29 is 23.1 Å². The summed E-state index contributed by atoms with van der Waals surface area (Å²) in [7, 11) is 0. The molecule has 2 atom stereocenters. The average Bonchev–Trinajstić information content (AvgIpc) is 3.14. The van der Waals surface area contributed by atoms with Crippen LogP contribution in [0.2, 0.25) is 5.02 Å². The van der Waals surface area contributed by atoms with Crippen molar-refractivity contribution in [3.63, 3.8) is 0 Å². The Morgan fingerprint density at radius 2 is 1.81 bits per heavy atom. The summed E-state index contributed by atoms with van der Waals surface area (Å²) in [5.41, 5.74) is -0.421. The molecule has 2 saturated heterocycles. The van der Waals surface area contributed by atoms with Gasteiger partial charge in [-0.3, -0.25) is 4.79 Å². The molecular formula is C21H23ClF3N5O2. The number of piperidine rings is 1. The molecule has 2 aromatic rings. The third-order valence-corrected chi connectivity index (χ3v) is 6.08. The van der Waals surface area contributed by atoms with Crippen LogP contribution in [0.25, 0.3) is 0 Å². The second-order valence-electron chi connectivity index (χ2n) is 8.06. The minimum atomic E-state index is -4.55. The molecular weight excluding hydrogens is 447 g/mol. The van der Waals surface area contributed by atoms with Crippen molar-refractivity contribution in [1.29, 1.82) is 0 Å². The van der Waals surface area contributed by atoms with Crippen molar-refractivity contribution in [2.45, 2.75) is 37.2 Å². The highest BCUT2D eigenvalue weighted by Gasteiger charge is 2.37. The molecule has 7 nitrogen and oxygen atoms in total. The zero-order valence-corrected chi connectivity index (χ0v) is 17.9. The van der Waals surface area contributed by atoms with Crippen molar-refractivity contribution in [3.05, 3.63) is 52.8 Å². The number of nitrogens with zero attached hydrogens (tertiary/aromatic N) is 4. The number of benzene rings is 1. The molecule has 0 radical (unpaired) electrons. The van der Waals surface area contributed by atoms with Crippen molar-refractivity contribution in [1.82, 2.24) is 20.2 Å². The average molecular weight is 470 g/mol. The van der Waals surface area contributed by atoms with E-state index < -0.39 is 18.0 Å². The third-order valence-electron chi connectivity index (χ3n) is 5.83. The third kappa shape index (κ3) is 5.13. The van der Waals surface area contributed by atoms with E-state index in [1.54, 1.807) is 34.1 Å². The minimum absolute atomic E-state index is 0.0473. The first-order valence-electron chi connectivity index (χ1n) is 10.3. The van der Waals surface area contributed by atoms with Gasteiger partial charge in [0.05, 0.1) is 12.1 Å². The number of carbonyl (C=O) groups is 1. The first kappa shape index (κ1) is 22.8. The Balaban J connectivity index is 1.31. The number of likely N-dealkylation sites (tertiary alicyclic amines) is 1. The fraction of sp³-hybridized carbons (Fsp3) is 0.476. The Morgan fingerprint density at radius 1 is 1.12 bits per heavy atom. The molecule has 32 heavy (non-hydrogen) atoms. The van der Waals surface area contributed by atoms with E-state index in [1.165, 1.54) is 0 Å². The molecule has 1 aromatic heterocycles. The van der Waals surface area contributed by atoms with Gasteiger partial charge in [-0.05, 0) is 43.2 Å². The number of aliphatic hydroxyl groups is 1. The Bertz CT molecular complexity index is 951. The number of β-amino-alcohol motifs (C(OH)–C–C–N with tert-alkyl or cyclic N) is 1. The van der Waals surface area contributed by atoms with Gasteiger partial charge in [0, 0.05) is 49.0 Å². The lowest BCUT2D eigenvalue weighted by Gasteiger charge is -2.34. The van der Waals surface area contributed by atoms with E-state index in [9.17, 15) is 23.1 Å². The molecule has 0 bridgehead atoms. The molecule has 1 unspecified atom stereocenters. The van der Waals surface area contributed by atoms with Gasteiger partial charge in [0.25, 0.3) is 5.91 Å². The second-order valence-corrected chi connectivity index (χ2v) is 8.49. The van der Waals surface area contributed by atoms with E-state index in [-0.39, 0.29) is 30.5 Å². The number of nitrogens with one attached hydrogen (secondary N) is 1. The predicted molar refractivity (Wildman–Crippen MR) is 113 cm³/mol. The van der Waals surface area contributed by atoms with Crippen LogP contribution in [0.4, 0.5) is 19.1 Å². The van der Waals surface area contributed by atoms with Gasteiger partial charge < -0.3 is 20.2 Å². The van der Waals surface area contributed by atoms with Gasteiger partial charge in [-0.25, -0.2) is 9.97 Å². The summed E-state index contributed by atoms with van der Waals surface area (Å²) >= 11 is 5.88. The van der Waals surface area contributed by atoms with Gasteiger partial charge in [0.1, 0.15) is 5.69 Å². The van der Waals surface area contributed by atoms with Gasteiger partial charge in [-0.15, -0.1) is 0 Å². The number of alkyl halides is 3. The topological polar surface area (TPSA) is 81.6 Å². The molecule has 0 saturated carbocycles. The van der Waals surface area contributed by atoms with Gasteiger partial charge in [-0.2, -0.15) is 13.2 Å². The first-order chi connectivity index (χ1) is 15.2. The fourth-order valence-electron chi connectivity index (χ4n) is 4.10. The minimum Gasteiger partial charge on any atom is -0.390 e. The van der Waals surface area contributed by atoms with Crippen LogP contribution in [0.1, 0.15) is 28.9 Å². The highest BCUT2D eigenvalue weighted by atomic mass is 35.5. The van der Waals surface area contributed by atoms with E-state index in [4.69, 9.17) is 11.6 Å². The van der Waals surface area contributed by atoms with Crippen molar-refractivity contribution >= 4 is 23.5 Å². The Labute approximate surface area is 188 Å².